The summed E-state index contributed by atoms with van der Waals surface area (Å²) in [4.78, 5) is 28.6. The van der Waals surface area contributed by atoms with Gasteiger partial charge < -0.3 is 19.7 Å². The maximum atomic E-state index is 12.2. The summed E-state index contributed by atoms with van der Waals surface area (Å²) in [6.07, 6.45) is -0.623. The second kappa shape index (κ2) is 9.14. The topological polar surface area (TPSA) is 117 Å². The fourth-order valence-electron chi connectivity index (χ4n) is 2.69. The molecule has 9 heteroatoms. The molecule has 1 saturated heterocycles. The highest BCUT2D eigenvalue weighted by atomic mass is 16.6. The Bertz CT molecular complexity index is 697. The number of likely N-dealkylation sites (tertiary alicyclic amines) is 1. The van der Waals surface area contributed by atoms with Crippen LogP contribution in [0.4, 0.5) is 9.59 Å². The van der Waals surface area contributed by atoms with Crippen LogP contribution in [0.1, 0.15) is 32.8 Å². The van der Waals surface area contributed by atoms with Crippen LogP contribution in [0.2, 0.25) is 0 Å². The molecule has 146 valence electrons. The van der Waals surface area contributed by atoms with Gasteiger partial charge in [-0.05, 0) is 38.3 Å². The van der Waals surface area contributed by atoms with Gasteiger partial charge in [-0.15, -0.1) is 0 Å². The normalized spacial score (nSPS) is 19.6. The van der Waals surface area contributed by atoms with Crippen LogP contribution < -0.4 is 5.32 Å². The summed E-state index contributed by atoms with van der Waals surface area (Å²) in [7, 11) is 0. The van der Waals surface area contributed by atoms with Gasteiger partial charge in [-0.2, -0.15) is 0 Å². The van der Waals surface area contributed by atoms with Gasteiger partial charge in [-0.3, -0.25) is 0 Å². The lowest BCUT2D eigenvalue weighted by Gasteiger charge is -2.37. The molecule has 1 aromatic carbocycles. The summed E-state index contributed by atoms with van der Waals surface area (Å²) in [5, 5.41) is 6.45. The van der Waals surface area contributed by atoms with Crippen molar-refractivity contribution in [3.05, 3.63) is 46.3 Å². The SMILES string of the molecule is CC(C)(C)OC(=O)N1CCC(NC(=O)OCc2ccccc2)C(N=[N+]=[N-])C1. The van der Waals surface area contributed by atoms with Crippen molar-refractivity contribution in [3.8, 4) is 0 Å². The monoisotopic (exact) mass is 375 g/mol. The van der Waals surface area contributed by atoms with Crippen LogP contribution in [0, 0.1) is 0 Å². The number of rotatable bonds is 4. The van der Waals surface area contributed by atoms with E-state index in [-0.39, 0.29) is 13.2 Å². The van der Waals surface area contributed by atoms with Crippen LogP contribution in [0.5, 0.6) is 0 Å². The van der Waals surface area contributed by atoms with Crippen LogP contribution in [-0.4, -0.2) is 47.9 Å². The van der Waals surface area contributed by atoms with E-state index in [0.717, 1.165) is 5.56 Å². The summed E-state index contributed by atoms with van der Waals surface area (Å²) >= 11 is 0. The van der Waals surface area contributed by atoms with Crippen molar-refractivity contribution in [2.75, 3.05) is 13.1 Å². The molecular formula is C18H25N5O4. The molecule has 1 aliphatic rings. The van der Waals surface area contributed by atoms with Crippen LogP contribution in [0.15, 0.2) is 35.4 Å². The van der Waals surface area contributed by atoms with E-state index in [2.05, 4.69) is 15.3 Å². The van der Waals surface area contributed by atoms with Gasteiger partial charge in [0.25, 0.3) is 0 Å². The van der Waals surface area contributed by atoms with Crippen LogP contribution in [0.25, 0.3) is 10.4 Å². The van der Waals surface area contributed by atoms with Crippen molar-refractivity contribution in [2.45, 2.75) is 51.5 Å². The Morgan fingerprint density at radius 1 is 1.33 bits per heavy atom. The Balaban J connectivity index is 1.90. The largest absolute Gasteiger partial charge is 0.445 e. The van der Waals surface area contributed by atoms with Crippen molar-refractivity contribution < 1.29 is 19.1 Å². The van der Waals surface area contributed by atoms with E-state index in [0.29, 0.717) is 13.0 Å². The van der Waals surface area contributed by atoms with Gasteiger partial charge in [0, 0.05) is 24.0 Å². The Labute approximate surface area is 158 Å². The number of benzene rings is 1. The Hall–Kier alpha value is -2.93. The molecule has 0 aromatic heterocycles. The summed E-state index contributed by atoms with van der Waals surface area (Å²) in [5.41, 5.74) is 9.08. The molecule has 0 saturated carbocycles. The predicted molar refractivity (Wildman–Crippen MR) is 98.9 cm³/mol. The van der Waals surface area contributed by atoms with E-state index in [1.165, 1.54) is 4.90 Å². The molecule has 2 atom stereocenters. The summed E-state index contributed by atoms with van der Waals surface area (Å²) in [5.74, 6) is 0. The molecule has 27 heavy (non-hydrogen) atoms. The van der Waals surface area contributed by atoms with E-state index in [1.54, 1.807) is 20.8 Å². The van der Waals surface area contributed by atoms with Crippen molar-refractivity contribution in [1.29, 1.82) is 0 Å². The molecule has 1 aromatic rings. The number of piperidine rings is 1. The molecular weight excluding hydrogens is 350 g/mol. The summed E-state index contributed by atoms with van der Waals surface area (Å²) in [6, 6.07) is 8.31. The van der Waals surface area contributed by atoms with Crippen LogP contribution >= 0.6 is 0 Å². The van der Waals surface area contributed by atoms with Crippen molar-refractivity contribution in [1.82, 2.24) is 10.2 Å². The molecule has 2 unspecified atom stereocenters. The highest BCUT2D eigenvalue weighted by molar-refractivity contribution is 5.69. The van der Waals surface area contributed by atoms with E-state index in [1.807, 2.05) is 30.3 Å². The van der Waals surface area contributed by atoms with Crippen LogP contribution in [-0.2, 0) is 16.1 Å². The molecule has 2 rings (SSSR count). The molecule has 1 aliphatic heterocycles. The molecule has 0 bridgehead atoms. The number of amides is 2. The number of ether oxygens (including phenoxy) is 2. The summed E-state index contributed by atoms with van der Waals surface area (Å²) in [6.45, 7) is 6.06. The number of carbonyl (C=O) groups excluding carboxylic acids is 2. The first kappa shape index (κ1) is 20.4. The number of hydrogen-bond donors (Lipinski definition) is 1. The van der Waals surface area contributed by atoms with E-state index in [9.17, 15) is 9.59 Å². The lowest BCUT2D eigenvalue weighted by atomic mass is 10.0. The van der Waals surface area contributed by atoms with Crippen molar-refractivity contribution >= 4 is 12.2 Å². The predicted octanol–water partition coefficient (Wildman–Crippen LogP) is 3.60. The van der Waals surface area contributed by atoms with E-state index >= 15 is 0 Å². The maximum Gasteiger partial charge on any atom is 0.410 e. The minimum atomic E-state index is -0.610. The van der Waals surface area contributed by atoms with Gasteiger partial charge in [0.05, 0.1) is 6.04 Å². The van der Waals surface area contributed by atoms with Crippen molar-refractivity contribution in [3.63, 3.8) is 0 Å². The standard InChI is InChI=1S/C18H25N5O4/c1-18(2,3)27-17(25)23-10-9-14(15(11-23)21-22-19)20-16(24)26-12-13-7-5-4-6-8-13/h4-8,14-15H,9-12H2,1-3H3,(H,20,24). The zero-order valence-corrected chi connectivity index (χ0v) is 15.8. The third-order valence-electron chi connectivity index (χ3n) is 3.95. The molecule has 1 heterocycles. The Morgan fingerprint density at radius 2 is 2.04 bits per heavy atom. The first-order valence-corrected chi connectivity index (χ1v) is 8.78. The number of azide groups is 1. The molecule has 1 fully saturated rings. The zero-order valence-electron chi connectivity index (χ0n) is 15.8. The minimum absolute atomic E-state index is 0.148. The van der Waals surface area contributed by atoms with Gasteiger partial charge in [0.15, 0.2) is 0 Å². The lowest BCUT2D eigenvalue weighted by molar-refractivity contribution is 0.0178. The highest BCUT2D eigenvalue weighted by Crippen LogP contribution is 2.18. The third-order valence-corrected chi connectivity index (χ3v) is 3.95. The minimum Gasteiger partial charge on any atom is -0.445 e. The highest BCUT2D eigenvalue weighted by Gasteiger charge is 2.34. The van der Waals surface area contributed by atoms with E-state index < -0.39 is 29.9 Å². The smallest absolute Gasteiger partial charge is 0.410 e. The van der Waals surface area contributed by atoms with Gasteiger partial charge in [-0.1, -0.05) is 35.4 Å². The number of alkyl carbamates (subject to hydrolysis) is 1. The average molecular weight is 375 g/mol. The molecule has 1 N–H and O–H groups in total. The fraction of sp³-hybridized carbons (Fsp3) is 0.556. The average Bonchev–Trinajstić information content (AvgIpc) is 2.61. The lowest BCUT2D eigenvalue weighted by Crippen LogP contribution is -2.55. The maximum absolute atomic E-state index is 12.2. The zero-order chi connectivity index (χ0) is 19.9. The third kappa shape index (κ3) is 6.71. The Morgan fingerprint density at radius 3 is 2.67 bits per heavy atom. The number of nitrogens with one attached hydrogen (secondary N) is 1. The molecule has 0 aliphatic carbocycles. The molecule has 9 nitrogen and oxygen atoms in total. The number of hydrogen-bond acceptors (Lipinski definition) is 5. The van der Waals surface area contributed by atoms with Gasteiger partial charge in [-0.25, -0.2) is 9.59 Å². The molecule has 2 amide bonds. The first-order chi connectivity index (χ1) is 12.8. The first-order valence-electron chi connectivity index (χ1n) is 8.78. The Kier molecular flexibility index (Phi) is 6.90. The quantitative estimate of drug-likeness (QED) is 0.491. The molecule has 0 radical (unpaired) electrons. The van der Waals surface area contributed by atoms with Gasteiger partial charge in [0.1, 0.15) is 12.2 Å². The summed E-state index contributed by atoms with van der Waals surface area (Å²) < 4.78 is 10.6. The second-order valence-electron chi connectivity index (χ2n) is 7.30. The van der Waals surface area contributed by atoms with Crippen LogP contribution in [0.3, 0.4) is 0 Å². The number of carbonyl (C=O) groups is 2. The number of nitrogens with zero attached hydrogens (tertiary/aromatic N) is 4. The molecule has 0 spiro atoms. The second-order valence-corrected chi connectivity index (χ2v) is 7.30. The van der Waals surface area contributed by atoms with Gasteiger partial charge >= 0.3 is 12.2 Å². The fourth-order valence-corrected chi connectivity index (χ4v) is 2.69. The van der Waals surface area contributed by atoms with E-state index in [4.69, 9.17) is 15.0 Å². The van der Waals surface area contributed by atoms with Crippen molar-refractivity contribution in [2.24, 2.45) is 5.11 Å². The van der Waals surface area contributed by atoms with Gasteiger partial charge in [0.2, 0.25) is 0 Å².